The number of ether oxygens (including phenoxy) is 2. The van der Waals surface area contributed by atoms with Crippen molar-refractivity contribution in [2.75, 3.05) is 6.61 Å². The number of aryl methyl sites for hydroxylation is 1. The Kier molecular flexibility index (Phi) is 5.23. The van der Waals surface area contributed by atoms with Crippen LogP contribution in [-0.4, -0.2) is 12.6 Å². The van der Waals surface area contributed by atoms with Gasteiger partial charge in [0.2, 0.25) is 0 Å². The summed E-state index contributed by atoms with van der Waals surface area (Å²) in [5.74, 6) is 0.636. The maximum Gasteiger partial charge on any atom is 0.315 e. The summed E-state index contributed by atoms with van der Waals surface area (Å²) in [5, 5.41) is 0.559. The molecule has 0 amide bonds. The molecule has 0 saturated carbocycles. The molecule has 0 aliphatic heterocycles. The molecule has 110 valence electrons. The van der Waals surface area contributed by atoms with Gasteiger partial charge in [-0.25, -0.2) is 0 Å². The lowest BCUT2D eigenvalue weighted by atomic mass is 10.1. The van der Waals surface area contributed by atoms with Crippen molar-refractivity contribution < 1.29 is 14.3 Å². The van der Waals surface area contributed by atoms with E-state index in [1.807, 2.05) is 44.2 Å². The molecule has 21 heavy (non-hydrogen) atoms. The quantitative estimate of drug-likeness (QED) is 0.613. The van der Waals surface area contributed by atoms with Crippen molar-refractivity contribution in [2.24, 2.45) is 0 Å². The highest BCUT2D eigenvalue weighted by molar-refractivity contribution is 6.31. The first kappa shape index (κ1) is 15.4. The molecule has 2 aromatic carbocycles. The van der Waals surface area contributed by atoms with E-state index in [-0.39, 0.29) is 12.4 Å². The van der Waals surface area contributed by atoms with Gasteiger partial charge in [0, 0.05) is 5.02 Å². The van der Waals surface area contributed by atoms with Gasteiger partial charge < -0.3 is 9.47 Å². The number of esters is 1. The minimum absolute atomic E-state index is 0.124. The molecular formula is C17H17ClO3. The molecule has 0 N–H and O–H groups in total. The van der Waals surface area contributed by atoms with Crippen molar-refractivity contribution in [3.05, 3.63) is 58.6 Å². The average Bonchev–Trinajstić information content (AvgIpc) is 2.45. The second kappa shape index (κ2) is 7.14. The van der Waals surface area contributed by atoms with Crippen molar-refractivity contribution in [3.8, 4) is 11.5 Å². The van der Waals surface area contributed by atoms with E-state index in [9.17, 15) is 4.79 Å². The Labute approximate surface area is 129 Å². The molecule has 0 fully saturated rings. The van der Waals surface area contributed by atoms with Crippen LogP contribution in [-0.2, 0) is 11.2 Å². The summed E-state index contributed by atoms with van der Waals surface area (Å²) in [6, 6.07) is 12.7. The number of rotatable bonds is 5. The Bertz CT molecular complexity index is 638. The summed E-state index contributed by atoms with van der Waals surface area (Å²) in [6.07, 6.45) is 0.124. The third-order valence-corrected chi connectivity index (χ3v) is 3.28. The van der Waals surface area contributed by atoms with Crippen molar-refractivity contribution in [1.29, 1.82) is 0 Å². The van der Waals surface area contributed by atoms with Crippen LogP contribution < -0.4 is 9.47 Å². The zero-order valence-corrected chi connectivity index (χ0v) is 12.8. The number of hydrogen-bond donors (Lipinski definition) is 0. The zero-order valence-electron chi connectivity index (χ0n) is 12.1. The lowest BCUT2D eigenvalue weighted by Crippen LogP contribution is -2.12. The molecule has 0 saturated heterocycles. The Hall–Kier alpha value is -2.00. The lowest BCUT2D eigenvalue weighted by molar-refractivity contribution is -0.133. The fourth-order valence-corrected chi connectivity index (χ4v) is 2.13. The lowest BCUT2D eigenvalue weighted by Gasteiger charge is -2.11. The molecule has 0 radical (unpaired) electrons. The fraction of sp³-hybridized carbons (Fsp3) is 0.235. The Morgan fingerprint density at radius 1 is 1.14 bits per heavy atom. The van der Waals surface area contributed by atoms with E-state index in [0.29, 0.717) is 23.1 Å². The highest BCUT2D eigenvalue weighted by atomic mass is 35.5. The second-order valence-corrected chi connectivity index (χ2v) is 5.03. The van der Waals surface area contributed by atoms with E-state index in [2.05, 4.69) is 0 Å². The summed E-state index contributed by atoms with van der Waals surface area (Å²) < 4.78 is 10.9. The third kappa shape index (κ3) is 4.23. The topological polar surface area (TPSA) is 35.5 Å². The number of carbonyl (C=O) groups is 1. The van der Waals surface area contributed by atoms with Gasteiger partial charge in [-0.1, -0.05) is 35.9 Å². The minimum atomic E-state index is -0.368. The van der Waals surface area contributed by atoms with Crippen molar-refractivity contribution in [1.82, 2.24) is 0 Å². The van der Waals surface area contributed by atoms with Gasteiger partial charge in [-0.2, -0.15) is 0 Å². The first-order chi connectivity index (χ1) is 10.1. The number of carbonyl (C=O) groups excluding carboxylic acids is 1. The Morgan fingerprint density at radius 2 is 1.90 bits per heavy atom. The van der Waals surface area contributed by atoms with Crippen LogP contribution >= 0.6 is 11.6 Å². The van der Waals surface area contributed by atoms with E-state index < -0.39 is 0 Å². The molecule has 0 atom stereocenters. The smallest absolute Gasteiger partial charge is 0.315 e. The van der Waals surface area contributed by atoms with Gasteiger partial charge in [0.25, 0.3) is 0 Å². The van der Waals surface area contributed by atoms with Crippen LogP contribution in [0.1, 0.15) is 18.1 Å². The molecule has 0 aliphatic carbocycles. The zero-order chi connectivity index (χ0) is 15.2. The van der Waals surface area contributed by atoms with Crippen LogP contribution in [0.25, 0.3) is 0 Å². The summed E-state index contributed by atoms with van der Waals surface area (Å²) in [6.45, 7) is 4.36. The molecule has 3 nitrogen and oxygen atoms in total. The molecule has 0 aromatic heterocycles. The van der Waals surface area contributed by atoms with E-state index in [1.54, 1.807) is 12.1 Å². The van der Waals surface area contributed by atoms with Gasteiger partial charge in [-0.15, -0.1) is 0 Å². The molecule has 2 aromatic rings. The summed E-state index contributed by atoms with van der Waals surface area (Å²) in [4.78, 5) is 12.0. The average molecular weight is 305 g/mol. The van der Waals surface area contributed by atoms with Crippen LogP contribution in [0, 0.1) is 6.92 Å². The van der Waals surface area contributed by atoms with Gasteiger partial charge in [0.1, 0.15) is 0 Å². The maximum atomic E-state index is 12.0. The second-order valence-electron chi connectivity index (χ2n) is 4.63. The van der Waals surface area contributed by atoms with Crippen LogP contribution in [0.15, 0.2) is 42.5 Å². The molecule has 0 bridgehead atoms. The minimum Gasteiger partial charge on any atom is -0.490 e. The molecule has 4 heteroatoms. The predicted molar refractivity (Wildman–Crippen MR) is 83.1 cm³/mol. The van der Waals surface area contributed by atoms with Crippen LogP contribution in [0.2, 0.25) is 5.02 Å². The van der Waals surface area contributed by atoms with Crippen molar-refractivity contribution >= 4 is 17.6 Å². The number of benzene rings is 2. The largest absolute Gasteiger partial charge is 0.490 e. The summed E-state index contributed by atoms with van der Waals surface area (Å²) in [7, 11) is 0. The Balaban J connectivity index is 2.11. The number of halogens is 1. The van der Waals surface area contributed by atoms with Gasteiger partial charge in [-0.05, 0) is 43.2 Å². The standard InChI is InChI=1S/C17H17ClO3/c1-3-20-16-10-12(2)8-9-15(16)21-17(19)11-13-6-4-5-7-14(13)18/h4-10H,3,11H2,1-2H3. The number of hydrogen-bond acceptors (Lipinski definition) is 3. The highest BCUT2D eigenvalue weighted by Gasteiger charge is 2.12. The first-order valence-corrected chi connectivity index (χ1v) is 7.15. The van der Waals surface area contributed by atoms with E-state index in [1.165, 1.54) is 0 Å². The van der Waals surface area contributed by atoms with Crippen LogP contribution in [0.3, 0.4) is 0 Å². The highest BCUT2D eigenvalue weighted by Crippen LogP contribution is 2.29. The predicted octanol–water partition coefficient (Wildman–Crippen LogP) is 4.20. The molecule has 0 heterocycles. The summed E-state index contributed by atoms with van der Waals surface area (Å²) in [5.41, 5.74) is 1.79. The third-order valence-electron chi connectivity index (χ3n) is 2.92. The van der Waals surface area contributed by atoms with Gasteiger partial charge in [-0.3, -0.25) is 4.79 Å². The SMILES string of the molecule is CCOc1cc(C)ccc1OC(=O)Cc1ccccc1Cl. The van der Waals surface area contributed by atoms with Crippen molar-refractivity contribution in [3.63, 3.8) is 0 Å². The first-order valence-electron chi connectivity index (χ1n) is 6.77. The van der Waals surface area contributed by atoms with Gasteiger partial charge >= 0.3 is 5.97 Å². The fourth-order valence-electron chi connectivity index (χ4n) is 1.92. The normalized spacial score (nSPS) is 10.2. The van der Waals surface area contributed by atoms with Gasteiger partial charge in [0.15, 0.2) is 11.5 Å². The summed E-state index contributed by atoms with van der Waals surface area (Å²) >= 11 is 6.04. The molecule has 0 unspecified atom stereocenters. The van der Waals surface area contributed by atoms with Crippen LogP contribution in [0.5, 0.6) is 11.5 Å². The molecular weight excluding hydrogens is 288 g/mol. The van der Waals surface area contributed by atoms with E-state index >= 15 is 0 Å². The van der Waals surface area contributed by atoms with Gasteiger partial charge in [0.05, 0.1) is 13.0 Å². The van der Waals surface area contributed by atoms with Crippen LogP contribution in [0.4, 0.5) is 0 Å². The molecule has 0 spiro atoms. The Morgan fingerprint density at radius 3 is 2.62 bits per heavy atom. The maximum absolute atomic E-state index is 12.0. The monoisotopic (exact) mass is 304 g/mol. The molecule has 2 rings (SSSR count). The van der Waals surface area contributed by atoms with E-state index in [4.69, 9.17) is 21.1 Å². The van der Waals surface area contributed by atoms with E-state index in [0.717, 1.165) is 11.1 Å². The van der Waals surface area contributed by atoms with Crippen molar-refractivity contribution in [2.45, 2.75) is 20.3 Å². The molecule has 0 aliphatic rings.